The van der Waals surface area contributed by atoms with Gasteiger partial charge in [0.05, 0.1) is 23.3 Å². The Morgan fingerprint density at radius 3 is 2.67 bits per heavy atom. The first-order valence-electron chi connectivity index (χ1n) is 3.13. The fourth-order valence-corrected chi connectivity index (χ4v) is 0.886. The largest absolute Gasteiger partial charge is 0.266 e. The number of pyridine rings is 1. The Bertz CT molecular complexity index is 277. The molecule has 1 heterocycles. The Labute approximate surface area is 72.2 Å². The van der Waals surface area contributed by atoms with Crippen LogP contribution in [-0.2, 0) is 5.88 Å². The van der Waals surface area contributed by atoms with Crippen molar-refractivity contribution in [3.8, 4) is 0 Å². The maximum Gasteiger partial charge on any atom is 0.266 e. The molecule has 0 fully saturated rings. The van der Waals surface area contributed by atoms with Gasteiger partial charge >= 0.3 is 0 Å². The quantitative estimate of drug-likeness (QED) is 0.662. The monoisotopic (exact) mass is 195 g/mol. The highest BCUT2D eigenvalue weighted by Gasteiger charge is 2.13. The third-order valence-electron chi connectivity index (χ3n) is 1.31. The first kappa shape index (κ1) is 9.32. The molecular weight excluding hydrogens is 191 g/mol. The van der Waals surface area contributed by atoms with E-state index in [0.717, 1.165) is 12.3 Å². The SMILES string of the molecule is Fc1cnc(CCl)cc1C(F)F. The summed E-state index contributed by atoms with van der Waals surface area (Å²) in [6, 6.07) is 0.965. The maximum absolute atomic E-state index is 12.6. The van der Waals surface area contributed by atoms with E-state index in [4.69, 9.17) is 11.6 Å². The maximum atomic E-state index is 12.6. The van der Waals surface area contributed by atoms with E-state index in [-0.39, 0.29) is 11.6 Å². The Kier molecular flexibility index (Phi) is 2.92. The standard InChI is InChI=1S/C7H5ClF3N/c8-2-4-1-5(7(10)11)6(9)3-12-4/h1,3,7H,2H2. The molecule has 0 radical (unpaired) electrons. The molecule has 0 aliphatic rings. The van der Waals surface area contributed by atoms with Gasteiger partial charge in [0.2, 0.25) is 0 Å². The van der Waals surface area contributed by atoms with E-state index in [1.165, 1.54) is 0 Å². The van der Waals surface area contributed by atoms with E-state index in [1.54, 1.807) is 0 Å². The Balaban J connectivity index is 3.08. The van der Waals surface area contributed by atoms with E-state index < -0.39 is 17.8 Å². The minimum atomic E-state index is -2.82. The molecule has 66 valence electrons. The summed E-state index contributed by atoms with van der Waals surface area (Å²) < 4.78 is 36.6. The van der Waals surface area contributed by atoms with Crippen LogP contribution in [0.25, 0.3) is 0 Å². The normalized spacial score (nSPS) is 10.8. The predicted molar refractivity (Wildman–Crippen MR) is 38.7 cm³/mol. The summed E-state index contributed by atoms with van der Waals surface area (Å²) in [5, 5.41) is 0. The van der Waals surface area contributed by atoms with Gasteiger partial charge in [-0.05, 0) is 6.07 Å². The fourth-order valence-electron chi connectivity index (χ4n) is 0.740. The lowest BCUT2D eigenvalue weighted by Crippen LogP contribution is -1.95. The van der Waals surface area contributed by atoms with Gasteiger partial charge in [-0.2, -0.15) is 0 Å². The van der Waals surface area contributed by atoms with Gasteiger partial charge in [-0.15, -0.1) is 11.6 Å². The zero-order chi connectivity index (χ0) is 9.14. The molecule has 0 atom stereocenters. The lowest BCUT2D eigenvalue weighted by molar-refractivity contribution is 0.146. The van der Waals surface area contributed by atoms with E-state index in [0.29, 0.717) is 0 Å². The molecule has 0 saturated heterocycles. The van der Waals surface area contributed by atoms with Crippen LogP contribution in [0, 0.1) is 5.82 Å². The minimum Gasteiger partial charge on any atom is -0.257 e. The van der Waals surface area contributed by atoms with Crippen molar-refractivity contribution in [3.05, 3.63) is 29.3 Å². The van der Waals surface area contributed by atoms with Crippen LogP contribution >= 0.6 is 11.6 Å². The molecule has 0 bridgehead atoms. The van der Waals surface area contributed by atoms with Crippen LogP contribution in [0.1, 0.15) is 17.7 Å². The molecule has 1 aromatic heterocycles. The summed E-state index contributed by atoms with van der Waals surface area (Å²) in [5.74, 6) is -1.00. The van der Waals surface area contributed by atoms with Crippen molar-refractivity contribution in [1.29, 1.82) is 0 Å². The molecule has 0 aliphatic carbocycles. The Hall–Kier alpha value is -0.770. The van der Waals surface area contributed by atoms with Gasteiger partial charge in [-0.3, -0.25) is 4.98 Å². The molecule has 0 N–H and O–H groups in total. The number of nitrogens with zero attached hydrogens (tertiary/aromatic N) is 1. The number of halogens is 4. The summed E-state index contributed by atoms with van der Waals surface area (Å²) in [4.78, 5) is 3.50. The van der Waals surface area contributed by atoms with E-state index in [9.17, 15) is 13.2 Å². The van der Waals surface area contributed by atoms with Crippen molar-refractivity contribution in [2.75, 3.05) is 0 Å². The molecule has 0 saturated carbocycles. The van der Waals surface area contributed by atoms with Crippen molar-refractivity contribution >= 4 is 11.6 Å². The van der Waals surface area contributed by atoms with Gasteiger partial charge < -0.3 is 0 Å². The summed E-state index contributed by atoms with van der Waals surface area (Å²) in [5.41, 5.74) is -0.408. The summed E-state index contributed by atoms with van der Waals surface area (Å²) in [6.07, 6.45) is -2.07. The summed E-state index contributed by atoms with van der Waals surface area (Å²) in [6.45, 7) is 0. The number of alkyl halides is 3. The zero-order valence-electron chi connectivity index (χ0n) is 5.90. The predicted octanol–water partition coefficient (Wildman–Crippen LogP) is 2.90. The van der Waals surface area contributed by atoms with Crippen molar-refractivity contribution in [2.45, 2.75) is 12.3 Å². The second-order valence-electron chi connectivity index (χ2n) is 2.13. The van der Waals surface area contributed by atoms with Crippen LogP contribution in [0.2, 0.25) is 0 Å². The molecular formula is C7H5ClF3N. The second-order valence-corrected chi connectivity index (χ2v) is 2.40. The highest BCUT2D eigenvalue weighted by Crippen LogP contribution is 2.22. The highest BCUT2D eigenvalue weighted by atomic mass is 35.5. The van der Waals surface area contributed by atoms with Crippen LogP contribution in [0.3, 0.4) is 0 Å². The van der Waals surface area contributed by atoms with E-state index in [2.05, 4.69) is 4.98 Å². The Morgan fingerprint density at radius 1 is 1.50 bits per heavy atom. The lowest BCUT2D eigenvalue weighted by Gasteiger charge is -2.02. The first-order valence-corrected chi connectivity index (χ1v) is 3.67. The van der Waals surface area contributed by atoms with Crippen LogP contribution in [0.4, 0.5) is 13.2 Å². The second kappa shape index (κ2) is 3.76. The van der Waals surface area contributed by atoms with E-state index >= 15 is 0 Å². The van der Waals surface area contributed by atoms with Crippen LogP contribution in [0.15, 0.2) is 12.3 Å². The Morgan fingerprint density at radius 2 is 2.17 bits per heavy atom. The van der Waals surface area contributed by atoms with Gasteiger partial charge in [-0.25, -0.2) is 13.2 Å². The average Bonchev–Trinajstić information content (AvgIpc) is 2.05. The number of hydrogen-bond acceptors (Lipinski definition) is 1. The molecule has 1 nitrogen and oxygen atoms in total. The fraction of sp³-hybridized carbons (Fsp3) is 0.286. The smallest absolute Gasteiger partial charge is 0.257 e. The number of rotatable bonds is 2. The summed E-state index contributed by atoms with van der Waals surface area (Å²) in [7, 11) is 0. The zero-order valence-corrected chi connectivity index (χ0v) is 6.65. The third kappa shape index (κ3) is 1.88. The minimum absolute atomic E-state index is 0.000000000000000222. The van der Waals surface area contributed by atoms with Crippen LogP contribution in [-0.4, -0.2) is 4.98 Å². The molecule has 0 aromatic carbocycles. The lowest BCUT2D eigenvalue weighted by atomic mass is 10.2. The van der Waals surface area contributed by atoms with Gasteiger partial charge in [0, 0.05) is 0 Å². The highest BCUT2D eigenvalue weighted by molar-refractivity contribution is 6.16. The van der Waals surface area contributed by atoms with Crippen molar-refractivity contribution in [3.63, 3.8) is 0 Å². The number of aromatic nitrogens is 1. The molecule has 12 heavy (non-hydrogen) atoms. The van der Waals surface area contributed by atoms with Crippen molar-refractivity contribution in [1.82, 2.24) is 4.98 Å². The van der Waals surface area contributed by atoms with Gasteiger partial charge in [0.15, 0.2) is 0 Å². The molecule has 0 spiro atoms. The molecule has 0 aliphatic heterocycles. The van der Waals surface area contributed by atoms with Crippen LogP contribution in [0.5, 0.6) is 0 Å². The summed E-state index contributed by atoms with van der Waals surface area (Å²) >= 11 is 5.33. The molecule has 5 heteroatoms. The first-order chi connectivity index (χ1) is 5.65. The van der Waals surface area contributed by atoms with Crippen molar-refractivity contribution < 1.29 is 13.2 Å². The topological polar surface area (TPSA) is 12.9 Å². The van der Waals surface area contributed by atoms with Crippen LogP contribution < -0.4 is 0 Å². The third-order valence-corrected chi connectivity index (χ3v) is 1.59. The number of hydrogen-bond donors (Lipinski definition) is 0. The molecule has 0 unspecified atom stereocenters. The van der Waals surface area contributed by atoms with Gasteiger partial charge in [0.1, 0.15) is 5.82 Å². The molecule has 0 amide bonds. The molecule has 1 aromatic rings. The van der Waals surface area contributed by atoms with E-state index in [1.807, 2.05) is 0 Å². The van der Waals surface area contributed by atoms with Crippen molar-refractivity contribution in [2.24, 2.45) is 0 Å². The average molecular weight is 196 g/mol. The van der Waals surface area contributed by atoms with Gasteiger partial charge in [-0.1, -0.05) is 0 Å². The van der Waals surface area contributed by atoms with Gasteiger partial charge in [0.25, 0.3) is 6.43 Å². The molecule has 1 rings (SSSR count).